The smallest absolute Gasteiger partial charge is 0.235 e. The van der Waals surface area contributed by atoms with Crippen LogP contribution in [0.2, 0.25) is 0 Å². The molecule has 0 amide bonds. The molecule has 8 nitrogen and oxygen atoms in total. The first-order valence-corrected chi connectivity index (χ1v) is 8.12. The number of hydrogen-bond donors (Lipinski definition) is 0. The van der Waals surface area contributed by atoms with Crippen molar-refractivity contribution in [2.24, 2.45) is 5.92 Å². The number of rotatable bonds is 4. The highest BCUT2D eigenvalue weighted by molar-refractivity contribution is 5.45. The first kappa shape index (κ1) is 14.8. The quantitative estimate of drug-likeness (QED) is 0.719. The third-order valence-corrected chi connectivity index (χ3v) is 4.38. The van der Waals surface area contributed by atoms with Gasteiger partial charge in [-0.1, -0.05) is 0 Å². The molecule has 1 fully saturated rings. The Kier molecular flexibility index (Phi) is 3.94. The molecule has 1 aliphatic rings. The van der Waals surface area contributed by atoms with E-state index in [0.717, 1.165) is 43.1 Å². The van der Waals surface area contributed by atoms with Gasteiger partial charge in [0.1, 0.15) is 12.1 Å². The van der Waals surface area contributed by atoms with Crippen LogP contribution in [0.25, 0.3) is 5.65 Å². The van der Waals surface area contributed by atoms with Crippen LogP contribution >= 0.6 is 0 Å². The van der Waals surface area contributed by atoms with Crippen molar-refractivity contribution in [3.8, 4) is 5.88 Å². The fourth-order valence-electron chi connectivity index (χ4n) is 2.95. The van der Waals surface area contributed by atoms with Crippen LogP contribution in [0.3, 0.4) is 0 Å². The summed E-state index contributed by atoms with van der Waals surface area (Å²) in [5, 5.41) is 12.4. The van der Waals surface area contributed by atoms with E-state index in [4.69, 9.17) is 4.74 Å². The molecule has 3 aromatic rings. The van der Waals surface area contributed by atoms with Crippen LogP contribution in [0, 0.1) is 12.8 Å². The minimum atomic E-state index is 0.529. The van der Waals surface area contributed by atoms with E-state index in [1.54, 1.807) is 23.2 Å². The number of aryl methyl sites for hydroxylation is 1. The van der Waals surface area contributed by atoms with E-state index >= 15 is 0 Å². The summed E-state index contributed by atoms with van der Waals surface area (Å²) in [6.07, 6.45) is 7.11. The highest BCUT2D eigenvalue weighted by atomic mass is 16.5. The maximum absolute atomic E-state index is 5.84. The number of aromatic nitrogens is 6. The molecule has 124 valence electrons. The van der Waals surface area contributed by atoms with E-state index in [9.17, 15) is 0 Å². The van der Waals surface area contributed by atoms with E-state index in [2.05, 4.69) is 30.2 Å². The molecule has 3 aromatic heterocycles. The number of fused-ring (bicyclic) bond motifs is 1. The highest BCUT2D eigenvalue weighted by Gasteiger charge is 2.21. The molecular formula is C16H19N7O. The van der Waals surface area contributed by atoms with Gasteiger partial charge in [0.05, 0.1) is 12.3 Å². The van der Waals surface area contributed by atoms with Gasteiger partial charge in [-0.15, -0.1) is 15.3 Å². The molecule has 0 spiro atoms. The summed E-state index contributed by atoms with van der Waals surface area (Å²) in [6.45, 7) is 4.53. The molecule has 1 saturated heterocycles. The van der Waals surface area contributed by atoms with Crippen LogP contribution in [0.15, 0.2) is 30.9 Å². The highest BCUT2D eigenvalue weighted by Crippen LogP contribution is 2.23. The SMILES string of the molecule is Cc1nccnc1OCC1CCN(c2ccc3nncn3n2)CC1. The van der Waals surface area contributed by atoms with Crippen LogP contribution < -0.4 is 9.64 Å². The molecule has 8 heteroatoms. The van der Waals surface area contributed by atoms with Gasteiger partial charge in [0.2, 0.25) is 5.88 Å². The zero-order chi connectivity index (χ0) is 16.4. The Labute approximate surface area is 139 Å². The number of piperidine rings is 1. The van der Waals surface area contributed by atoms with Gasteiger partial charge in [-0.3, -0.25) is 4.98 Å². The first-order chi connectivity index (χ1) is 11.8. The van der Waals surface area contributed by atoms with E-state index < -0.39 is 0 Å². The van der Waals surface area contributed by atoms with Crippen molar-refractivity contribution >= 4 is 11.5 Å². The van der Waals surface area contributed by atoms with Crippen molar-refractivity contribution in [1.29, 1.82) is 0 Å². The zero-order valence-corrected chi connectivity index (χ0v) is 13.5. The standard InChI is InChI=1S/C16H19N7O/c1-12-16(18-7-6-17-12)24-10-13-4-8-22(9-5-13)15-3-2-14-20-19-11-23(14)21-15/h2-3,6-7,11,13H,4-5,8-10H2,1H3. The molecule has 0 bridgehead atoms. The van der Waals surface area contributed by atoms with Gasteiger partial charge in [-0.2, -0.15) is 4.52 Å². The molecule has 0 unspecified atom stereocenters. The van der Waals surface area contributed by atoms with Crippen molar-refractivity contribution < 1.29 is 4.74 Å². The minimum Gasteiger partial charge on any atom is -0.476 e. The predicted octanol–water partition coefficient (Wildman–Crippen LogP) is 1.52. The summed E-state index contributed by atoms with van der Waals surface area (Å²) < 4.78 is 7.55. The number of nitrogens with zero attached hydrogens (tertiary/aromatic N) is 7. The average molecular weight is 325 g/mol. The Hall–Kier alpha value is -2.77. The van der Waals surface area contributed by atoms with Crippen molar-refractivity contribution in [1.82, 2.24) is 29.8 Å². The molecule has 4 rings (SSSR count). The third kappa shape index (κ3) is 2.99. The fraction of sp³-hybridized carbons (Fsp3) is 0.438. The second kappa shape index (κ2) is 6.38. The minimum absolute atomic E-state index is 0.529. The zero-order valence-electron chi connectivity index (χ0n) is 13.5. The number of ether oxygens (including phenoxy) is 1. The summed E-state index contributed by atoms with van der Waals surface area (Å²) in [5.74, 6) is 2.13. The van der Waals surface area contributed by atoms with Crippen LogP contribution in [0.4, 0.5) is 5.82 Å². The van der Waals surface area contributed by atoms with Gasteiger partial charge in [0.15, 0.2) is 5.65 Å². The van der Waals surface area contributed by atoms with Gasteiger partial charge in [-0.25, -0.2) is 4.98 Å². The van der Waals surface area contributed by atoms with Gasteiger partial charge < -0.3 is 9.64 Å². The van der Waals surface area contributed by atoms with Crippen LogP contribution in [0.1, 0.15) is 18.5 Å². The van der Waals surface area contributed by atoms with Crippen molar-refractivity contribution in [2.75, 3.05) is 24.6 Å². The van der Waals surface area contributed by atoms with Crippen LogP contribution in [0.5, 0.6) is 5.88 Å². The van der Waals surface area contributed by atoms with E-state index in [0.29, 0.717) is 18.4 Å². The maximum Gasteiger partial charge on any atom is 0.235 e. The summed E-state index contributed by atoms with van der Waals surface area (Å²) in [5.41, 5.74) is 1.60. The summed E-state index contributed by atoms with van der Waals surface area (Å²) >= 11 is 0. The predicted molar refractivity (Wildman–Crippen MR) is 88.0 cm³/mol. The van der Waals surface area contributed by atoms with E-state index in [1.807, 2.05) is 19.1 Å². The molecule has 4 heterocycles. The lowest BCUT2D eigenvalue weighted by Gasteiger charge is -2.32. The Morgan fingerprint density at radius 3 is 2.83 bits per heavy atom. The second-order valence-electron chi connectivity index (χ2n) is 6.01. The first-order valence-electron chi connectivity index (χ1n) is 8.12. The van der Waals surface area contributed by atoms with Crippen molar-refractivity contribution in [2.45, 2.75) is 19.8 Å². The van der Waals surface area contributed by atoms with Crippen molar-refractivity contribution in [3.05, 3.63) is 36.5 Å². The molecule has 24 heavy (non-hydrogen) atoms. The molecule has 0 radical (unpaired) electrons. The average Bonchev–Trinajstić information content (AvgIpc) is 3.09. The summed E-state index contributed by atoms with van der Waals surface area (Å²) in [7, 11) is 0. The van der Waals surface area contributed by atoms with Crippen LogP contribution in [-0.2, 0) is 0 Å². The topological polar surface area (TPSA) is 81.3 Å². The Balaban J connectivity index is 1.34. The van der Waals surface area contributed by atoms with Gasteiger partial charge in [-0.05, 0) is 37.8 Å². The third-order valence-electron chi connectivity index (χ3n) is 4.38. The molecule has 0 atom stereocenters. The lowest BCUT2D eigenvalue weighted by Crippen LogP contribution is -2.36. The Bertz CT molecular complexity index is 826. The molecule has 0 aliphatic carbocycles. The Morgan fingerprint density at radius 2 is 2.00 bits per heavy atom. The van der Waals surface area contributed by atoms with E-state index in [-0.39, 0.29) is 0 Å². The normalized spacial score (nSPS) is 15.8. The lowest BCUT2D eigenvalue weighted by molar-refractivity contribution is 0.213. The molecule has 0 saturated carbocycles. The van der Waals surface area contributed by atoms with Crippen molar-refractivity contribution in [3.63, 3.8) is 0 Å². The van der Waals surface area contributed by atoms with Gasteiger partial charge in [0, 0.05) is 25.5 Å². The van der Waals surface area contributed by atoms with Gasteiger partial charge in [0.25, 0.3) is 0 Å². The largest absolute Gasteiger partial charge is 0.476 e. The second-order valence-corrected chi connectivity index (χ2v) is 6.01. The molecule has 0 N–H and O–H groups in total. The molecule has 1 aliphatic heterocycles. The Morgan fingerprint density at radius 1 is 1.17 bits per heavy atom. The monoisotopic (exact) mass is 325 g/mol. The maximum atomic E-state index is 5.84. The summed E-state index contributed by atoms with van der Waals surface area (Å²) in [4.78, 5) is 10.7. The van der Waals surface area contributed by atoms with Gasteiger partial charge >= 0.3 is 0 Å². The molecule has 0 aromatic carbocycles. The number of anilines is 1. The van der Waals surface area contributed by atoms with Crippen LogP contribution in [-0.4, -0.2) is 49.5 Å². The van der Waals surface area contributed by atoms with E-state index in [1.165, 1.54) is 0 Å². The summed E-state index contributed by atoms with van der Waals surface area (Å²) in [6, 6.07) is 3.95. The lowest BCUT2D eigenvalue weighted by atomic mass is 9.98. The molecular weight excluding hydrogens is 306 g/mol. The number of hydrogen-bond acceptors (Lipinski definition) is 7. The fourth-order valence-corrected chi connectivity index (χ4v) is 2.95.